The summed E-state index contributed by atoms with van der Waals surface area (Å²) in [7, 11) is 0. The Hall–Kier alpha value is -1.27. The maximum absolute atomic E-state index is 10.9. The van der Waals surface area contributed by atoms with Gasteiger partial charge in [0, 0.05) is 6.54 Å². The van der Waals surface area contributed by atoms with Gasteiger partial charge in [-0.05, 0) is 19.3 Å². The number of nitrogens with one attached hydrogen (secondary N) is 1. The summed E-state index contributed by atoms with van der Waals surface area (Å²) >= 11 is 0. The van der Waals surface area contributed by atoms with Crippen LogP contribution in [0.2, 0.25) is 0 Å². The van der Waals surface area contributed by atoms with E-state index < -0.39 is 18.1 Å². The van der Waals surface area contributed by atoms with E-state index in [0.717, 1.165) is 0 Å². The number of carboxylic acids is 1. The van der Waals surface area contributed by atoms with Crippen LogP contribution in [0.4, 0.5) is 4.79 Å². The van der Waals surface area contributed by atoms with E-state index in [0.29, 0.717) is 25.8 Å². The van der Waals surface area contributed by atoms with Gasteiger partial charge in [-0.3, -0.25) is 4.79 Å². The lowest BCUT2D eigenvalue weighted by Crippen LogP contribution is -2.30. The molecule has 0 aromatic rings. The first-order chi connectivity index (χ1) is 7.57. The maximum Gasteiger partial charge on any atom is 0.407 e. The first-order valence-electron chi connectivity index (χ1n) is 5.07. The van der Waals surface area contributed by atoms with Gasteiger partial charge in [-0.1, -0.05) is 12.7 Å². The summed E-state index contributed by atoms with van der Waals surface area (Å²) in [5.74, 6) is -1.00. The summed E-state index contributed by atoms with van der Waals surface area (Å²) in [5, 5.41) is 11.0. The Labute approximate surface area is 107 Å². The van der Waals surface area contributed by atoms with Gasteiger partial charge in [0.25, 0.3) is 0 Å². The van der Waals surface area contributed by atoms with Gasteiger partial charge >= 0.3 is 12.1 Å². The molecule has 6 nitrogen and oxygen atoms in total. The summed E-state index contributed by atoms with van der Waals surface area (Å²) < 4.78 is 4.67. The van der Waals surface area contributed by atoms with E-state index in [1.54, 1.807) is 0 Å². The second-order valence-electron chi connectivity index (χ2n) is 3.25. The lowest BCUT2D eigenvalue weighted by Gasteiger charge is -2.07. The fourth-order valence-corrected chi connectivity index (χ4v) is 0.989. The third kappa shape index (κ3) is 11.0. The van der Waals surface area contributed by atoms with Crippen molar-refractivity contribution in [2.75, 3.05) is 13.2 Å². The molecular weight excluding hydrogens is 248 g/mol. The number of halogens is 1. The highest BCUT2D eigenvalue weighted by atomic mass is 35.5. The third-order valence-corrected chi connectivity index (χ3v) is 1.86. The molecule has 7 heteroatoms. The Morgan fingerprint density at radius 1 is 1.47 bits per heavy atom. The number of ether oxygens (including phenoxy) is 1. The number of rotatable bonds is 8. The van der Waals surface area contributed by atoms with Crippen LogP contribution in [0.1, 0.15) is 19.3 Å². The molecule has 0 spiro atoms. The number of carboxylic acid groups (broad SMARTS) is 1. The van der Waals surface area contributed by atoms with Crippen molar-refractivity contribution in [1.82, 2.24) is 5.32 Å². The van der Waals surface area contributed by atoms with Crippen molar-refractivity contribution >= 4 is 24.5 Å². The Morgan fingerprint density at radius 2 is 2.12 bits per heavy atom. The van der Waals surface area contributed by atoms with E-state index >= 15 is 0 Å². The summed E-state index contributed by atoms with van der Waals surface area (Å²) in [4.78, 5) is 21.3. The standard InChI is InChI=1S/C10H18N2O4.ClH/c1-2-7-16-10(15)12-6-4-3-5-8(11)9(13)14;/h2,8H,1,3-7,11H2,(H,12,15)(H,13,14);1H. The van der Waals surface area contributed by atoms with Crippen molar-refractivity contribution in [1.29, 1.82) is 0 Å². The number of hydrogen-bond acceptors (Lipinski definition) is 4. The van der Waals surface area contributed by atoms with Crippen LogP contribution >= 0.6 is 12.4 Å². The molecule has 0 aromatic carbocycles. The van der Waals surface area contributed by atoms with Gasteiger partial charge in [0.2, 0.25) is 0 Å². The van der Waals surface area contributed by atoms with Gasteiger partial charge in [0.05, 0.1) is 0 Å². The summed E-state index contributed by atoms with van der Waals surface area (Å²) in [6.45, 7) is 4.03. The van der Waals surface area contributed by atoms with Crippen molar-refractivity contribution in [2.24, 2.45) is 5.73 Å². The molecule has 0 aliphatic carbocycles. The van der Waals surface area contributed by atoms with Gasteiger partial charge in [0.15, 0.2) is 0 Å². The minimum absolute atomic E-state index is 0. The molecule has 0 aliphatic heterocycles. The molecule has 4 N–H and O–H groups in total. The largest absolute Gasteiger partial charge is 0.480 e. The number of carbonyl (C=O) groups is 2. The lowest BCUT2D eigenvalue weighted by molar-refractivity contribution is -0.138. The maximum atomic E-state index is 10.9. The number of hydrogen-bond donors (Lipinski definition) is 3. The van der Waals surface area contributed by atoms with E-state index in [-0.39, 0.29) is 19.0 Å². The van der Waals surface area contributed by atoms with Crippen LogP contribution < -0.4 is 11.1 Å². The zero-order valence-corrected chi connectivity index (χ0v) is 10.4. The Kier molecular flexibility index (Phi) is 12.0. The number of nitrogens with two attached hydrogens (primary N) is 1. The fraction of sp³-hybridized carbons (Fsp3) is 0.600. The topological polar surface area (TPSA) is 102 Å². The van der Waals surface area contributed by atoms with E-state index in [9.17, 15) is 9.59 Å². The molecule has 100 valence electrons. The summed E-state index contributed by atoms with van der Waals surface area (Å²) in [5.41, 5.74) is 5.30. The van der Waals surface area contributed by atoms with E-state index in [2.05, 4.69) is 16.6 Å². The number of aliphatic carboxylic acids is 1. The van der Waals surface area contributed by atoms with E-state index in [4.69, 9.17) is 10.8 Å². The molecule has 1 unspecified atom stereocenters. The molecule has 1 atom stereocenters. The average Bonchev–Trinajstić information content (AvgIpc) is 2.25. The van der Waals surface area contributed by atoms with Gasteiger partial charge in [-0.25, -0.2) is 4.79 Å². The normalized spacial score (nSPS) is 10.9. The molecule has 0 saturated carbocycles. The summed E-state index contributed by atoms with van der Waals surface area (Å²) in [6, 6.07) is -0.826. The molecule has 0 heterocycles. The monoisotopic (exact) mass is 266 g/mol. The van der Waals surface area contributed by atoms with Gasteiger partial charge in [-0.15, -0.1) is 12.4 Å². The molecule has 0 aromatic heterocycles. The predicted molar refractivity (Wildman–Crippen MR) is 66.3 cm³/mol. The number of unbranched alkanes of at least 4 members (excludes halogenated alkanes) is 1. The number of alkyl carbamates (subject to hydrolysis) is 1. The fourth-order valence-electron chi connectivity index (χ4n) is 0.989. The second-order valence-corrected chi connectivity index (χ2v) is 3.25. The SMILES string of the molecule is C=CCOC(=O)NCCCCC(N)C(=O)O.Cl. The highest BCUT2D eigenvalue weighted by Crippen LogP contribution is 1.98. The lowest BCUT2D eigenvalue weighted by atomic mass is 10.1. The molecule has 0 bridgehead atoms. The number of amides is 1. The van der Waals surface area contributed by atoms with E-state index in [1.165, 1.54) is 6.08 Å². The van der Waals surface area contributed by atoms with Crippen LogP contribution in [-0.2, 0) is 9.53 Å². The van der Waals surface area contributed by atoms with Crippen molar-refractivity contribution in [3.8, 4) is 0 Å². The molecule has 0 radical (unpaired) electrons. The van der Waals surface area contributed by atoms with Crippen molar-refractivity contribution < 1.29 is 19.4 Å². The molecule has 1 amide bonds. The van der Waals surface area contributed by atoms with Gasteiger partial charge in [0.1, 0.15) is 12.6 Å². The predicted octanol–water partition coefficient (Wildman–Crippen LogP) is 0.903. The van der Waals surface area contributed by atoms with Crippen LogP contribution in [0.5, 0.6) is 0 Å². The first kappa shape index (κ1) is 18.1. The van der Waals surface area contributed by atoms with Crippen LogP contribution in [0.15, 0.2) is 12.7 Å². The van der Waals surface area contributed by atoms with Crippen molar-refractivity contribution in [2.45, 2.75) is 25.3 Å². The molecule has 0 saturated heterocycles. The van der Waals surface area contributed by atoms with Crippen LogP contribution in [0.3, 0.4) is 0 Å². The highest BCUT2D eigenvalue weighted by Gasteiger charge is 2.10. The van der Waals surface area contributed by atoms with Crippen LogP contribution in [0.25, 0.3) is 0 Å². The Balaban J connectivity index is 0. The highest BCUT2D eigenvalue weighted by molar-refractivity contribution is 5.85. The number of carbonyl (C=O) groups excluding carboxylic acids is 1. The second kappa shape index (κ2) is 11.2. The minimum Gasteiger partial charge on any atom is -0.480 e. The van der Waals surface area contributed by atoms with Crippen molar-refractivity contribution in [3.05, 3.63) is 12.7 Å². The average molecular weight is 267 g/mol. The van der Waals surface area contributed by atoms with Crippen LogP contribution in [0, 0.1) is 0 Å². The van der Waals surface area contributed by atoms with Crippen LogP contribution in [-0.4, -0.2) is 36.4 Å². The molecule has 0 rings (SSSR count). The Bertz CT molecular complexity index is 248. The van der Waals surface area contributed by atoms with E-state index in [1.807, 2.05) is 0 Å². The van der Waals surface area contributed by atoms with Crippen molar-refractivity contribution in [3.63, 3.8) is 0 Å². The first-order valence-corrected chi connectivity index (χ1v) is 5.07. The molecule has 17 heavy (non-hydrogen) atoms. The smallest absolute Gasteiger partial charge is 0.407 e. The third-order valence-electron chi connectivity index (χ3n) is 1.86. The summed E-state index contributed by atoms with van der Waals surface area (Å²) in [6.07, 6.45) is 2.70. The van der Waals surface area contributed by atoms with Gasteiger partial charge in [-0.2, -0.15) is 0 Å². The molecule has 0 fully saturated rings. The molecular formula is C10H19ClN2O4. The molecule has 0 aliphatic rings. The minimum atomic E-state index is -1.00. The Morgan fingerprint density at radius 3 is 2.65 bits per heavy atom. The zero-order valence-electron chi connectivity index (χ0n) is 9.55. The van der Waals surface area contributed by atoms with Gasteiger partial charge < -0.3 is 20.9 Å². The quantitative estimate of drug-likeness (QED) is 0.448. The zero-order chi connectivity index (χ0) is 12.4.